The van der Waals surface area contributed by atoms with Gasteiger partial charge < -0.3 is 0 Å². The first-order chi connectivity index (χ1) is 10.9. The molecule has 0 unspecified atom stereocenters. The Bertz CT molecular complexity index is 669. The van der Waals surface area contributed by atoms with Crippen LogP contribution in [0.5, 0.6) is 0 Å². The van der Waals surface area contributed by atoms with E-state index in [1.165, 1.54) is 5.56 Å². The normalized spacial score (nSPS) is 12.0. The lowest BCUT2D eigenvalue weighted by atomic mass is 9.91. The summed E-state index contributed by atoms with van der Waals surface area (Å²) in [4.78, 5) is 13.2. The first-order valence-corrected chi connectivity index (χ1v) is 7.61. The quantitative estimate of drug-likeness (QED) is 0.692. The minimum absolute atomic E-state index is 0.382. The Labute approximate surface area is 131 Å². The van der Waals surface area contributed by atoms with E-state index in [4.69, 9.17) is 0 Å². The van der Waals surface area contributed by atoms with Crippen molar-refractivity contribution in [1.82, 2.24) is 15.0 Å². The molecule has 0 aliphatic heterocycles. The maximum atomic E-state index is 4.55. The zero-order valence-corrected chi connectivity index (χ0v) is 12.5. The van der Waals surface area contributed by atoms with E-state index in [9.17, 15) is 0 Å². The molecule has 0 saturated heterocycles. The van der Waals surface area contributed by atoms with Crippen LogP contribution in [-0.4, -0.2) is 15.0 Å². The predicted octanol–water partition coefficient (Wildman–Crippen LogP) is 3.83. The number of nitrogens with zero attached hydrogens (tertiary/aromatic N) is 3. The van der Waals surface area contributed by atoms with Gasteiger partial charge in [0.15, 0.2) is 0 Å². The topological polar surface area (TPSA) is 38.7 Å². The fourth-order valence-electron chi connectivity index (χ4n) is 2.64. The van der Waals surface area contributed by atoms with Gasteiger partial charge in [0.05, 0.1) is 0 Å². The van der Waals surface area contributed by atoms with Crippen molar-refractivity contribution >= 4 is 0 Å². The van der Waals surface area contributed by atoms with Crippen LogP contribution in [0.2, 0.25) is 0 Å². The van der Waals surface area contributed by atoms with E-state index in [0.29, 0.717) is 5.92 Å². The molecule has 0 fully saturated rings. The first kappa shape index (κ1) is 14.4. The van der Waals surface area contributed by atoms with Gasteiger partial charge in [-0.15, -0.1) is 0 Å². The van der Waals surface area contributed by atoms with Gasteiger partial charge in [0.1, 0.15) is 0 Å². The Morgan fingerprint density at radius 1 is 0.818 bits per heavy atom. The molecule has 0 radical (unpaired) electrons. The third kappa shape index (κ3) is 3.98. The minimum Gasteiger partial charge on any atom is -0.264 e. The molecule has 0 saturated carbocycles. The molecule has 3 heterocycles. The second-order valence-electron chi connectivity index (χ2n) is 5.38. The van der Waals surface area contributed by atoms with Crippen LogP contribution in [0, 0.1) is 0 Å². The number of hydrogen-bond acceptors (Lipinski definition) is 3. The van der Waals surface area contributed by atoms with Gasteiger partial charge in [-0.3, -0.25) is 15.0 Å². The third-order valence-electron chi connectivity index (χ3n) is 3.79. The minimum atomic E-state index is 0.382. The van der Waals surface area contributed by atoms with Crippen molar-refractivity contribution in [3.63, 3.8) is 0 Å². The summed E-state index contributed by atoms with van der Waals surface area (Å²) in [7, 11) is 0. The number of pyridine rings is 3. The smallest absolute Gasteiger partial charge is 0.0437 e. The SMILES string of the molecule is c1ccc(CC[C@@H](Cc2cccnc2)c2ccccn2)nc1. The van der Waals surface area contributed by atoms with Gasteiger partial charge in [-0.1, -0.05) is 18.2 Å². The van der Waals surface area contributed by atoms with E-state index in [-0.39, 0.29) is 0 Å². The molecule has 0 bridgehead atoms. The van der Waals surface area contributed by atoms with Gasteiger partial charge in [-0.05, 0) is 55.2 Å². The fraction of sp³-hybridized carbons (Fsp3) is 0.211. The summed E-state index contributed by atoms with van der Waals surface area (Å²) < 4.78 is 0. The van der Waals surface area contributed by atoms with Crippen molar-refractivity contribution in [2.75, 3.05) is 0 Å². The van der Waals surface area contributed by atoms with Gasteiger partial charge in [0.25, 0.3) is 0 Å². The zero-order chi connectivity index (χ0) is 15.0. The summed E-state index contributed by atoms with van der Waals surface area (Å²) in [5.41, 5.74) is 3.52. The van der Waals surface area contributed by atoms with Gasteiger partial charge in [-0.2, -0.15) is 0 Å². The number of aromatic nitrogens is 3. The molecule has 3 nitrogen and oxygen atoms in total. The molecule has 3 rings (SSSR count). The average Bonchev–Trinajstić information content (AvgIpc) is 2.61. The molecule has 110 valence electrons. The number of hydrogen-bond donors (Lipinski definition) is 0. The molecule has 0 aromatic carbocycles. The first-order valence-electron chi connectivity index (χ1n) is 7.61. The van der Waals surface area contributed by atoms with Crippen LogP contribution in [0.25, 0.3) is 0 Å². The molecule has 0 amide bonds. The van der Waals surface area contributed by atoms with Crippen LogP contribution in [-0.2, 0) is 12.8 Å². The standard InChI is InChI=1S/C19H19N3/c1-3-12-21-18(7-1)10-9-17(19-8-2-4-13-22-19)14-16-6-5-11-20-15-16/h1-8,11-13,15,17H,9-10,14H2/t17-/m0/s1. The molecular formula is C19H19N3. The van der Waals surface area contributed by atoms with E-state index in [0.717, 1.165) is 30.7 Å². The van der Waals surface area contributed by atoms with Crippen molar-refractivity contribution in [1.29, 1.82) is 0 Å². The Balaban J connectivity index is 1.74. The van der Waals surface area contributed by atoms with E-state index >= 15 is 0 Å². The fourth-order valence-corrected chi connectivity index (χ4v) is 2.64. The van der Waals surface area contributed by atoms with Crippen LogP contribution in [0.3, 0.4) is 0 Å². The van der Waals surface area contributed by atoms with Crippen LogP contribution in [0.1, 0.15) is 29.3 Å². The molecule has 22 heavy (non-hydrogen) atoms. The van der Waals surface area contributed by atoms with Crippen molar-refractivity contribution < 1.29 is 0 Å². The zero-order valence-electron chi connectivity index (χ0n) is 12.5. The number of aryl methyl sites for hydroxylation is 1. The lowest BCUT2D eigenvalue weighted by Gasteiger charge is -2.16. The predicted molar refractivity (Wildman–Crippen MR) is 87.5 cm³/mol. The molecule has 1 atom stereocenters. The molecule has 0 aliphatic carbocycles. The summed E-state index contributed by atoms with van der Waals surface area (Å²) >= 11 is 0. The molecule has 0 spiro atoms. The summed E-state index contributed by atoms with van der Waals surface area (Å²) in [5, 5.41) is 0. The van der Waals surface area contributed by atoms with Crippen LogP contribution < -0.4 is 0 Å². The Hall–Kier alpha value is -2.55. The monoisotopic (exact) mass is 289 g/mol. The summed E-state index contributed by atoms with van der Waals surface area (Å²) in [6.07, 6.45) is 10.4. The number of rotatable bonds is 6. The Morgan fingerprint density at radius 2 is 1.68 bits per heavy atom. The van der Waals surface area contributed by atoms with Gasteiger partial charge >= 0.3 is 0 Å². The lowest BCUT2D eigenvalue weighted by molar-refractivity contribution is 0.599. The maximum Gasteiger partial charge on any atom is 0.0437 e. The molecule has 0 aliphatic rings. The summed E-state index contributed by atoms with van der Waals surface area (Å²) in [6, 6.07) is 16.3. The second-order valence-corrected chi connectivity index (χ2v) is 5.38. The highest BCUT2D eigenvalue weighted by atomic mass is 14.7. The van der Waals surface area contributed by atoms with Gasteiger partial charge in [0.2, 0.25) is 0 Å². The van der Waals surface area contributed by atoms with E-state index in [2.05, 4.69) is 39.2 Å². The molecular weight excluding hydrogens is 270 g/mol. The maximum absolute atomic E-state index is 4.55. The molecule has 3 aromatic heterocycles. The molecule has 3 aromatic rings. The van der Waals surface area contributed by atoms with Crippen molar-refractivity contribution in [2.45, 2.75) is 25.2 Å². The largest absolute Gasteiger partial charge is 0.264 e. The second kappa shape index (κ2) is 7.46. The van der Waals surface area contributed by atoms with Crippen LogP contribution in [0.4, 0.5) is 0 Å². The van der Waals surface area contributed by atoms with Gasteiger partial charge in [0, 0.05) is 42.1 Å². The Morgan fingerprint density at radius 3 is 2.36 bits per heavy atom. The highest BCUT2D eigenvalue weighted by molar-refractivity contribution is 5.17. The Kier molecular flexibility index (Phi) is 4.88. The van der Waals surface area contributed by atoms with E-state index < -0.39 is 0 Å². The lowest BCUT2D eigenvalue weighted by Crippen LogP contribution is -2.07. The molecule has 3 heteroatoms. The summed E-state index contributed by atoms with van der Waals surface area (Å²) in [6.45, 7) is 0. The van der Waals surface area contributed by atoms with Crippen molar-refractivity contribution in [3.8, 4) is 0 Å². The molecule has 0 N–H and O–H groups in total. The third-order valence-corrected chi connectivity index (χ3v) is 3.79. The average molecular weight is 289 g/mol. The highest BCUT2D eigenvalue weighted by Crippen LogP contribution is 2.24. The van der Waals surface area contributed by atoms with Crippen molar-refractivity contribution in [2.24, 2.45) is 0 Å². The van der Waals surface area contributed by atoms with Crippen LogP contribution >= 0.6 is 0 Å². The van der Waals surface area contributed by atoms with E-state index in [1.807, 2.05) is 49.1 Å². The van der Waals surface area contributed by atoms with Gasteiger partial charge in [-0.25, -0.2) is 0 Å². The van der Waals surface area contributed by atoms with Crippen molar-refractivity contribution in [3.05, 3.63) is 90.3 Å². The van der Waals surface area contributed by atoms with E-state index in [1.54, 1.807) is 0 Å². The summed E-state index contributed by atoms with van der Waals surface area (Å²) in [5.74, 6) is 0.382. The highest BCUT2D eigenvalue weighted by Gasteiger charge is 2.14. The van der Waals surface area contributed by atoms with Crippen LogP contribution in [0.15, 0.2) is 73.3 Å².